The van der Waals surface area contributed by atoms with Gasteiger partial charge in [-0.05, 0) is 53.5 Å². The van der Waals surface area contributed by atoms with Crippen LogP contribution >= 0.6 is 12.6 Å². The number of nitrogens with one attached hydrogen (secondary N) is 2. The van der Waals surface area contributed by atoms with E-state index in [2.05, 4.69) is 23.3 Å². The van der Waals surface area contributed by atoms with Gasteiger partial charge < -0.3 is 20.3 Å². The number of aliphatic hydroxyl groups is 1. The molecule has 0 fully saturated rings. The Morgan fingerprint density at radius 2 is 1.74 bits per heavy atom. The van der Waals surface area contributed by atoms with Crippen LogP contribution in [0.1, 0.15) is 60.3 Å². The standard InChI is InChI=1S/C19H41N3O4S/c1-6-16(23)19(27,22-17(2,3)4)9-7-8-11-21-18(5,24)15-26-14-13-25-12-10-20/h21-22,24,27H,6-15,20H2,1-5H3/t18?,19-/m0/s1. The highest BCUT2D eigenvalue weighted by molar-refractivity contribution is 7.82. The van der Waals surface area contributed by atoms with E-state index in [-0.39, 0.29) is 17.9 Å². The fourth-order valence-corrected chi connectivity index (χ4v) is 3.32. The Balaban J connectivity index is 4.13. The molecule has 0 heterocycles. The second-order valence-corrected chi connectivity index (χ2v) is 8.89. The van der Waals surface area contributed by atoms with Gasteiger partial charge in [-0.25, -0.2) is 0 Å². The van der Waals surface area contributed by atoms with E-state index in [1.54, 1.807) is 6.92 Å². The van der Waals surface area contributed by atoms with Crippen LogP contribution in [0, 0.1) is 0 Å². The summed E-state index contributed by atoms with van der Waals surface area (Å²) >= 11 is 4.66. The molecule has 0 aliphatic carbocycles. The van der Waals surface area contributed by atoms with Crippen LogP contribution in [0.25, 0.3) is 0 Å². The Morgan fingerprint density at radius 1 is 1.11 bits per heavy atom. The van der Waals surface area contributed by atoms with E-state index in [4.69, 9.17) is 15.2 Å². The molecular weight excluding hydrogens is 366 g/mol. The lowest BCUT2D eigenvalue weighted by Crippen LogP contribution is -2.55. The molecular formula is C19H41N3O4S. The summed E-state index contributed by atoms with van der Waals surface area (Å²) in [4.78, 5) is 11.5. The van der Waals surface area contributed by atoms with Gasteiger partial charge in [-0.3, -0.25) is 15.4 Å². The van der Waals surface area contributed by atoms with Crippen LogP contribution in [0.4, 0.5) is 0 Å². The van der Waals surface area contributed by atoms with Crippen LogP contribution in [0.3, 0.4) is 0 Å². The SMILES string of the molecule is CCC(=O)[C@@](S)(CCCCNC(C)(O)COCCOCCN)NC(C)(C)C. The fraction of sp³-hybridized carbons (Fsp3) is 0.947. The van der Waals surface area contributed by atoms with Crippen molar-refractivity contribution < 1.29 is 19.4 Å². The molecule has 27 heavy (non-hydrogen) atoms. The predicted octanol–water partition coefficient (Wildman–Crippen LogP) is 1.44. The van der Waals surface area contributed by atoms with Gasteiger partial charge in [0.25, 0.3) is 0 Å². The molecule has 0 amide bonds. The monoisotopic (exact) mass is 407 g/mol. The average Bonchev–Trinajstić information content (AvgIpc) is 2.55. The summed E-state index contributed by atoms with van der Waals surface area (Å²) in [6, 6.07) is 0. The quantitative estimate of drug-likeness (QED) is 0.150. The van der Waals surface area contributed by atoms with Crippen molar-refractivity contribution in [3.8, 4) is 0 Å². The summed E-state index contributed by atoms with van der Waals surface area (Å²) in [6.07, 6.45) is 2.72. The molecule has 0 aliphatic rings. The summed E-state index contributed by atoms with van der Waals surface area (Å²) in [5.74, 6) is 0.103. The van der Waals surface area contributed by atoms with Crippen LogP contribution in [0.15, 0.2) is 0 Å². The van der Waals surface area contributed by atoms with Gasteiger partial charge in [-0.15, -0.1) is 12.6 Å². The van der Waals surface area contributed by atoms with Gasteiger partial charge >= 0.3 is 0 Å². The summed E-state index contributed by atoms with van der Waals surface area (Å²) in [5, 5.41) is 16.7. The molecule has 5 N–H and O–H groups in total. The minimum Gasteiger partial charge on any atom is -0.378 e. The maximum atomic E-state index is 12.3. The van der Waals surface area contributed by atoms with Crippen LogP contribution in [-0.2, 0) is 14.3 Å². The summed E-state index contributed by atoms with van der Waals surface area (Å²) in [6.45, 7) is 12.3. The van der Waals surface area contributed by atoms with Crippen molar-refractivity contribution in [1.29, 1.82) is 0 Å². The van der Waals surface area contributed by atoms with Gasteiger partial charge in [0.2, 0.25) is 0 Å². The Kier molecular flexibility index (Phi) is 13.0. The van der Waals surface area contributed by atoms with Crippen molar-refractivity contribution in [2.24, 2.45) is 5.73 Å². The molecule has 0 radical (unpaired) electrons. The van der Waals surface area contributed by atoms with E-state index >= 15 is 0 Å². The summed E-state index contributed by atoms with van der Waals surface area (Å²) < 4.78 is 10.6. The van der Waals surface area contributed by atoms with Gasteiger partial charge in [0.05, 0.1) is 26.4 Å². The highest BCUT2D eigenvalue weighted by atomic mass is 32.1. The van der Waals surface area contributed by atoms with Crippen molar-refractivity contribution in [1.82, 2.24) is 10.6 Å². The largest absolute Gasteiger partial charge is 0.378 e. The zero-order valence-corrected chi connectivity index (χ0v) is 18.7. The number of rotatable bonds is 16. The number of thiol groups is 1. The minimum absolute atomic E-state index is 0.103. The lowest BCUT2D eigenvalue weighted by Gasteiger charge is -2.36. The van der Waals surface area contributed by atoms with Crippen LogP contribution in [0.2, 0.25) is 0 Å². The number of carbonyl (C=O) groups excluding carboxylic acids is 1. The van der Waals surface area contributed by atoms with Crippen molar-refractivity contribution in [3.63, 3.8) is 0 Å². The molecule has 0 aliphatic heterocycles. The predicted molar refractivity (Wildman–Crippen MR) is 113 cm³/mol. The normalized spacial score (nSPS) is 16.7. The Bertz CT molecular complexity index is 416. The molecule has 0 aromatic rings. The van der Waals surface area contributed by atoms with E-state index in [0.717, 1.165) is 12.8 Å². The topological polar surface area (TPSA) is 106 Å². The van der Waals surface area contributed by atoms with Gasteiger partial charge in [-0.1, -0.05) is 6.92 Å². The molecule has 1 unspecified atom stereocenters. The molecule has 0 saturated carbocycles. The third-order valence-corrected chi connectivity index (χ3v) is 4.44. The van der Waals surface area contributed by atoms with E-state index in [0.29, 0.717) is 45.8 Å². The van der Waals surface area contributed by atoms with Crippen LogP contribution in [-0.4, -0.2) is 66.5 Å². The smallest absolute Gasteiger partial charge is 0.162 e. The molecule has 0 aromatic heterocycles. The number of nitrogens with two attached hydrogens (primary N) is 1. The maximum Gasteiger partial charge on any atom is 0.162 e. The first-order valence-corrected chi connectivity index (χ1v) is 10.3. The van der Waals surface area contributed by atoms with E-state index in [1.165, 1.54) is 0 Å². The molecule has 162 valence electrons. The van der Waals surface area contributed by atoms with Crippen molar-refractivity contribution in [3.05, 3.63) is 0 Å². The third kappa shape index (κ3) is 13.6. The first kappa shape index (κ1) is 26.8. The van der Waals surface area contributed by atoms with Crippen LogP contribution < -0.4 is 16.4 Å². The molecule has 0 rings (SSSR count). The number of Topliss-reactive ketones (excluding diaryl/α,β-unsaturated/α-hetero) is 1. The van der Waals surface area contributed by atoms with Gasteiger partial charge in [-0.2, -0.15) is 0 Å². The number of unbranched alkanes of at least 4 members (excludes halogenated alkanes) is 1. The second kappa shape index (κ2) is 13.1. The molecule has 7 nitrogen and oxygen atoms in total. The lowest BCUT2D eigenvalue weighted by atomic mass is 9.98. The van der Waals surface area contributed by atoms with E-state index < -0.39 is 10.6 Å². The Hall–Kier alpha value is -0.220. The first-order chi connectivity index (χ1) is 12.5. The lowest BCUT2D eigenvalue weighted by molar-refractivity contribution is -0.122. The number of ketones is 1. The zero-order chi connectivity index (χ0) is 21.0. The number of ether oxygens (including phenoxy) is 2. The maximum absolute atomic E-state index is 12.3. The van der Waals surface area contributed by atoms with Crippen molar-refractivity contribution >= 4 is 18.4 Å². The van der Waals surface area contributed by atoms with Crippen molar-refractivity contribution in [2.75, 3.05) is 39.5 Å². The number of hydrogen-bond donors (Lipinski definition) is 5. The average molecular weight is 408 g/mol. The zero-order valence-electron chi connectivity index (χ0n) is 17.8. The Labute approximate surface area is 170 Å². The summed E-state index contributed by atoms with van der Waals surface area (Å²) in [7, 11) is 0. The molecule has 0 aromatic carbocycles. The fourth-order valence-electron chi connectivity index (χ4n) is 2.67. The summed E-state index contributed by atoms with van der Waals surface area (Å²) in [5.41, 5.74) is 4.03. The highest BCUT2D eigenvalue weighted by Crippen LogP contribution is 2.25. The Morgan fingerprint density at radius 3 is 2.30 bits per heavy atom. The van der Waals surface area contributed by atoms with E-state index in [1.807, 2.05) is 27.7 Å². The highest BCUT2D eigenvalue weighted by Gasteiger charge is 2.35. The van der Waals surface area contributed by atoms with Crippen LogP contribution in [0.5, 0.6) is 0 Å². The third-order valence-electron chi connectivity index (χ3n) is 3.85. The second-order valence-electron chi connectivity index (χ2n) is 8.12. The minimum atomic E-state index is -1.10. The molecule has 0 spiro atoms. The van der Waals surface area contributed by atoms with Gasteiger partial charge in [0.1, 0.15) is 10.6 Å². The molecule has 2 atom stereocenters. The van der Waals surface area contributed by atoms with E-state index in [9.17, 15) is 9.90 Å². The first-order valence-electron chi connectivity index (χ1n) is 9.84. The van der Waals surface area contributed by atoms with Crippen molar-refractivity contribution in [2.45, 2.75) is 76.4 Å². The molecule has 0 bridgehead atoms. The molecule has 0 saturated heterocycles. The molecule has 8 heteroatoms. The number of hydrogen-bond acceptors (Lipinski definition) is 8. The van der Waals surface area contributed by atoms with Gasteiger partial charge in [0.15, 0.2) is 5.78 Å². The number of carbonyl (C=O) groups is 1. The van der Waals surface area contributed by atoms with Gasteiger partial charge in [0, 0.05) is 18.5 Å².